The lowest BCUT2D eigenvalue weighted by atomic mass is 10.2. The highest BCUT2D eigenvalue weighted by Gasteiger charge is 2.01. The van der Waals surface area contributed by atoms with Crippen LogP contribution in [0.1, 0.15) is 16.1 Å². The lowest BCUT2D eigenvalue weighted by Gasteiger charge is -2.06. The van der Waals surface area contributed by atoms with Gasteiger partial charge in [-0.15, -0.1) is 11.3 Å². The van der Waals surface area contributed by atoms with Gasteiger partial charge in [-0.2, -0.15) is 5.26 Å². The molecule has 0 fully saturated rings. The molecule has 1 aromatic carbocycles. The number of benzene rings is 1. The number of hydrogen-bond acceptors (Lipinski definition) is 5. The van der Waals surface area contributed by atoms with E-state index in [2.05, 4.69) is 10.3 Å². The van der Waals surface area contributed by atoms with E-state index in [0.717, 1.165) is 24.5 Å². The third-order valence-corrected chi connectivity index (χ3v) is 3.62. The van der Waals surface area contributed by atoms with Crippen LogP contribution in [0, 0.1) is 18.3 Å². The minimum atomic E-state index is 0.0856. The first-order valence-electron chi connectivity index (χ1n) is 5.98. The lowest BCUT2D eigenvalue weighted by Crippen LogP contribution is -2.12. The van der Waals surface area contributed by atoms with Crippen LogP contribution < -0.4 is 10.1 Å². The molecule has 2 aromatic rings. The maximum atomic E-state index is 8.42. The Morgan fingerprint density at radius 3 is 2.74 bits per heavy atom. The fraction of sp³-hybridized carbons (Fsp3) is 0.286. The van der Waals surface area contributed by atoms with Crippen molar-refractivity contribution < 1.29 is 4.74 Å². The zero-order valence-electron chi connectivity index (χ0n) is 10.7. The largest absolute Gasteiger partial charge is 0.479 e. The normalized spacial score (nSPS) is 10.1. The van der Waals surface area contributed by atoms with Crippen LogP contribution in [-0.4, -0.2) is 11.6 Å². The molecule has 0 atom stereocenters. The fourth-order valence-electron chi connectivity index (χ4n) is 1.64. The molecule has 0 saturated heterocycles. The van der Waals surface area contributed by atoms with Gasteiger partial charge in [0, 0.05) is 18.0 Å². The number of thiazole rings is 1. The molecule has 1 heterocycles. The van der Waals surface area contributed by atoms with E-state index in [1.807, 2.05) is 42.8 Å². The Morgan fingerprint density at radius 2 is 2.11 bits per heavy atom. The zero-order chi connectivity index (χ0) is 13.5. The number of ether oxygens (including phenoxy) is 1. The van der Waals surface area contributed by atoms with Crippen molar-refractivity contribution in [1.29, 1.82) is 5.26 Å². The number of hydrogen-bond donors (Lipinski definition) is 1. The summed E-state index contributed by atoms with van der Waals surface area (Å²) in [5.74, 6) is 0.726. The maximum absolute atomic E-state index is 8.42. The molecule has 0 aliphatic rings. The third-order valence-electron chi connectivity index (χ3n) is 2.69. The van der Waals surface area contributed by atoms with Crippen molar-refractivity contribution in [2.75, 3.05) is 6.61 Å². The second-order valence-electron chi connectivity index (χ2n) is 4.06. The molecule has 0 amide bonds. The van der Waals surface area contributed by atoms with E-state index >= 15 is 0 Å². The summed E-state index contributed by atoms with van der Waals surface area (Å²) in [6.07, 6.45) is 0. The molecule has 2 rings (SSSR count). The standard InChI is InChI=1S/C14H15N3OS/c1-11-14(19-10-17-11)9-16-8-12-2-4-13(5-3-12)18-7-6-15/h2-5,10,16H,7-9H2,1H3. The summed E-state index contributed by atoms with van der Waals surface area (Å²) in [5.41, 5.74) is 4.15. The van der Waals surface area contributed by atoms with E-state index in [-0.39, 0.29) is 6.61 Å². The van der Waals surface area contributed by atoms with Crippen molar-refractivity contribution >= 4 is 11.3 Å². The molecule has 0 aliphatic carbocycles. The van der Waals surface area contributed by atoms with Crippen LogP contribution in [0.15, 0.2) is 29.8 Å². The SMILES string of the molecule is Cc1ncsc1CNCc1ccc(OCC#N)cc1. The Kier molecular flexibility index (Phi) is 4.90. The van der Waals surface area contributed by atoms with Crippen molar-refractivity contribution in [2.24, 2.45) is 0 Å². The van der Waals surface area contributed by atoms with Gasteiger partial charge in [0.2, 0.25) is 0 Å². The molecule has 0 bridgehead atoms. The van der Waals surface area contributed by atoms with E-state index < -0.39 is 0 Å². The number of nitriles is 1. The van der Waals surface area contributed by atoms with Gasteiger partial charge < -0.3 is 10.1 Å². The monoisotopic (exact) mass is 273 g/mol. The number of nitrogens with one attached hydrogen (secondary N) is 1. The minimum absolute atomic E-state index is 0.0856. The molecule has 1 N–H and O–H groups in total. The second-order valence-corrected chi connectivity index (χ2v) is 4.99. The van der Waals surface area contributed by atoms with Gasteiger partial charge in [-0.3, -0.25) is 0 Å². The number of rotatable bonds is 6. The van der Waals surface area contributed by atoms with Crippen LogP contribution in [0.25, 0.3) is 0 Å². The van der Waals surface area contributed by atoms with Crippen LogP contribution in [0.5, 0.6) is 5.75 Å². The maximum Gasteiger partial charge on any atom is 0.174 e. The van der Waals surface area contributed by atoms with E-state index in [0.29, 0.717) is 0 Å². The Morgan fingerprint density at radius 1 is 1.32 bits per heavy atom. The topological polar surface area (TPSA) is 57.9 Å². The van der Waals surface area contributed by atoms with Crippen LogP contribution in [0.3, 0.4) is 0 Å². The highest BCUT2D eigenvalue weighted by atomic mass is 32.1. The molecule has 0 radical (unpaired) electrons. The van der Waals surface area contributed by atoms with E-state index in [9.17, 15) is 0 Å². The second kappa shape index (κ2) is 6.88. The van der Waals surface area contributed by atoms with Gasteiger partial charge in [0.25, 0.3) is 0 Å². The smallest absolute Gasteiger partial charge is 0.174 e. The summed E-state index contributed by atoms with van der Waals surface area (Å²) in [6, 6.07) is 9.71. The quantitative estimate of drug-likeness (QED) is 0.879. The molecule has 5 heteroatoms. The fourth-order valence-corrected chi connectivity index (χ4v) is 2.38. The molecule has 4 nitrogen and oxygen atoms in total. The Labute approximate surface area is 116 Å². The van der Waals surface area contributed by atoms with Gasteiger partial charge in [0.05, 0.1) is 11.2 Å². The lowest BCUT2D eigenvalue weighted by molar-refractivity contribution is 0.368. The van der Waals surface area contributed by atoms with Gasteiger partial charge in [0.1, 0.15) is 11.8 Å². The van der Waals surface area contributed by atoms with E-state index in [4.69, 9.17) is 10.00 Å². The van der Waals surface area contributed by atoms with Crippen molar-refractivity contribution in [3.8, 4) is 11.8 Å². The summed E-state index contributed by atoms with van der Waals surface area (Å²) in [6.45, 7) is 3.75. The molecule has 98 valence electrons. The Bertz CT molecular complexity index is 557. The first kappa shape index (κ1) is 13.5. The van der Waals surface area contributed by atoms with Gasteiger partial charge >= 0.3 is 0 Å². The molecule has 0 saturated carbocycles. The Balaban J connectivity index is 1.80. The van der Waals surface area contributed by atoms with E-state index in [1.54, 1.807) is 11.3 Å². The molecular weight excluding hydrogens is 258 g/mol. The zero-order valence-corrected chi connectivity index (χ0v) is 11.5. The summed E-state index contributed by atoms with van der Waals surface area (Å²) >= 11 is 1.67. The van der Waals surface area contributed by atoms with Gasteiger partial charge in [-0.25, -0.2) is 4.98 Å². The molecule has 1 aromatic heterocycles. The van der Waals surface area contributed by atoms with Gasteiger partial charge in [-0.05, 0) is 24.6 Å². The van der Waals surface area contributed by atoms with Crippen LogP contribution >= 0.6 is 11.3 Å². The van der Waals surface area contributed by atoms with Crippen LogP contribution in [0.2, 0.25) is 0 Å². The van der Waals surface area contributed by atoms with Crippen molar-refractivity contribution in [1.82, 2.24) is 10.3 Å². The van der Waals surface area contributed by atoms with E-state index in [1.165, 1.54) is 10.4 Å². The van der Waals surface area contributed by atoms with Crippen LogP contribution in [0.4, 0.5) is 0 Å². The summed E-state index contributed by atoms with van der Waals surface area (Å²) in [5, 5.41) is 11.8. The molecule has 0 spiro atoms. The highest BCUT2D eigenvalue weighted by Crippen LogP contribution is 2.13. The van der Waals surface area contributed by atoms with Crippen molar-refractivity contribution in [3.05, 3.63) is 45.9 Å². The molecule has 0 unspecified atom stereocenters. The predicted molar refractivity (Wildman–Crippen MR) is 74.9 cm³/mol. The number of nitrogens with zero attached hydrogens (tertiary/aromatic N) is 2. The van der Waals surface area contributed by atoms with Crippen molar-refractivity contribution in [3.63, 3.8) is 0 Å². The summed E-state index contributed by atoms with van der Waals surface area (Å²) in [4.78, 5) is 5.49. The average Bonchev–Trinajstić information content (AvgIpc) is 2.84. The number of aryl methyl sites for hydroxylation is 1. The molecule has 0 aliphatic heterocycles. The van der Waals surface area contributed by atoms with Gasteiger partial charge in [-0.1, -0.05) is 12.1 Å². The van der Waals surface area contributed by atoms with Gasteiger partial charge in [0.15, 0.2) is 6.61 Å². The third kappa shape index (κ3) is 4.05. The minimum Gasteiger partial charge on any atom is -0.479 e. The first-order chi connectivity index (χ1) is 9.29. The predicted octanol–water partition coefficient (Wildman–Crippen LogP) is 2.64. The first-order valence-corrected chi connectivity index (χ1v) is 6.86. The summed E-state index contributed by atoms with van der Waals surface area (Å²) in [7, 11) is 0. The molecule has 19 heavy (non-hydrogen) atoms. The molecular formula is C14H15N3OS. The Hall–Kier alpha value is -1.90. The summed E-state index contributed by atoms with van der Waals surface area (Å²) < 4.78 is 5.20. The van der Waals surface area contributed by atoms with Crippen LogP contribution in [-0.2, 0) is 13.1 Å². The highest BCUT2D eigenvalue weighted by molar-refractivity contribution is 7.09. The van der Waals surface area contributed by atoms with Crippen molar-refractivity contribution in [2.45, 2.75) is 20.0 Å². The number of aromatic nitrogens is 1. The average molecular weight is 273 g/mol.